The largest absolute Gasteiger partial charge is 0.505 e. The van der Waals surface area contributed by atoms with Crippen molar-refractivity contribution in [2.45, 2.75) is 26.8 Å². The Labute approximate surface area is 180 Å². The maximum atomic E-state index is 12.9. The summed E-state index contributed by atoms with van der Waals surface area (Å²) in [7, 11) is 1.47. The zero-order valence-corrected chi connectivity index (χ0v) is 17.9. The number of nitrogens with one attached hydrogen (secondary N) is 1. The third-order valence-corrected chi connectivity index (χ3v) is 4.72. The molecule has 1 unspecified atom stereocenters. The molecule has 0 aliphatic carbocycles. The Kier molecular flexibility index (Phi) is 6.59. The molecule has 1 aromatic heterocycles. The van der Waals surface area contributed by atoms with Gasteiger partial charge in [-0.25, -0.2) is 0 Å². The van der Waals surface area contributed by atoms with Crippen molar-refractivity contribution < 1.29 is 19.4 Å². The van der Waals surface area contributed by atoms with Gasteiger partial charge in [0.1, 0.15) is 17.2 Å². The molecule has 8 heteroatoms. The molecule has 2 aromatic carbocycles. The Morgan fingerprint density at radius 1 is 1.19 bits per heavy atom. The van der Waals surface area contributed by atoms with Crippen LogP contribution in [0.1, 0.15) is 41.5 Å². The van der Waals surface area contributed by atoms with Crippen LogP contribution in [-0.4, -0.2) is 34.5 Å². The summed E-state index contributed by atoms with van der Waals surface area (Å²) in [6.07, 6.45) is 0. The monoisotopic (exact) mass is 423 g/mol. The summed E-state index contributed by atoms with van der Waals surface area (Å²) in [6.45, 7) is 6.13. The fraction of sp³-hybridized carbons (Fsp3) is 0.261. The number of amides is 1. The van der Waals surface area contributed by atoms with E-state index in [1.54, 1.807) is 24.3 Å². The first-order valence-corrected chi connectivity index (χ1v) is 9.86. The lowest BCUT2D eigenvalue weighted by Gasteiger charge is -2.19. The van der Waals surface area contributed by atoms with Crippen LogP contribution in [-0.2, 0) is 0 Å². The number of hydrogen-bond donors (Lipinski definition) is 2. The van der Waals surface area contributed by atoms with Crippen molar-refractivity contribution in [3.05, 3.63) is 75.7 Å². The fourth-order valence-electron chi connectivity index (χ4n) is 3.22. The van der Waals surface area contributed by atoms with Crippen LogP contribution < -0.4 is 20.3 Å². The SMILES string of the molecule is CCOc1ccc(C)cc1C(C)NC(=O)c1nn(-c2ccccc2OC)c(=O)cc1O. The molecule has 1 amide bonds. The minimum absolute atomic E-state index is 0.275. The number of ether oxygens (including phenoxy) is 2. The van der Waals surface area contributed by atoms with Gasteiger partial charge >= 0.3 is 0 Å². The quantitative estimate of drug-likeness (QED) is 0.605. The lowest BCUT2D eigenvalue weighted by molar-refractivity contribution is 0.0929. The van der Waals surface area contributed by atoms with Crippen molar-refractivity contribution in [3.63, 3.8) is 0 Å². The predicted octanol–water partition coefficient (Wildman–Crippen LogP) is 3.14. The van der Waals surface area contributed by atoms with Gasteiger partial charge in [-0.2, -0.15) is 9.78 Å². The topological polar surface area (TPSA) is 103 Å². The van der Waals surface area contributed by atoms with Gasteiger partial charge in [0.05, 0.1) is 19.8 Å². The standard InChI is InChI=1S/C23H25N3O5/c1-5-31-19-11-10-14(2)12-16(19)15(3)24-23(29)22-18(27)13-21(28)26(25-22)17-8-6-7-9-20(17)30-4/h6-13,15,27H,5H2,1-4H3,(H,24,29). The predicted molar refractivity (Wildman–Crippen MR) is 116 cm³/mol. The van der Waals surface area contributed by atoms with Crippen molar-refractivity contribution in [2.75, 3.05) is 13.7 Å². The lowest BCUT2D eigenvalue weighted by Crippen LogP contribution is -2.31. The molecule has 0 saturated heterocycles. The first kappa shape index (κ1) is 21.9. The normalized spacial score (nSPS) is 11.6. The van der Waals surface area contributed by atoms with E-state index in [2.05, 4.69) is 10.4 Å². The number of rotatable bonds is 7. The molecule has 0 bridgehead atoms. The van der Waals surface area contributed by atoms with Gasteiger partial charge in [0.2, 0.25) is 0 Å². The van der Waals surface area contributed by atoms with E-state index >= 15 is 0 Å². The highest BCUT2D eigenvalue weighted by Crippen LogP contribution is 2.27. The fourth-order valence-corrected chi connectivity index (χ4v) is 3.22. The van der Waals surface area contributed by atoms with Crippen LogP contribution in [0, 0.1) is 6.92 Å². The number of methoxy groups -OCH3 is 1. The first-order chi connectivity index (χ1) is 14.8. The van der Waals surface area contributed by atoms with Gasteiger partial charge < -0.3 is 19.9 Å². The molecule has 2 N–H and O–H groups in total. The van der Waals surface area contributed by atoms with Crippen molar-refractivity contribution in [2.24, 2.45) is 0 Å². The minimum atomic E-state index is -0.627. The number of hydrogen-bond acceptors (Lipinski definition) is 6. The van der Waals surface area contributed by atoms with Crippen LogP contribution in [0.3, 0.4) is 0 Å². The van der Waals surface area contributed by atoms with Gasteiger partial charge in [0, 0.05) is 11.6 Å². The highest BCUT2D eigenvalue weighted by atomic mass is 16.5. The summed E-state index contributed by atoms with van der Waals surface area (Å²) in [4.78, 5) is 25.3. The molecule has 0 saturated carbocycles. The number of para-hydroxylation sites is 2. The molecule has 31 heavy (non-hydrogen) atoms. The molecule has 8 nitrogen and oxygen atoms in total. The molecule has 1 atom stereocenters. The molecule has 3 rings (SSSR count). The van der Waals surface area contributed by atoms with E-state index in [1.807, 2.05) is 39.0 Å². The van der Waals surface area contributed by atoms with Gasteiger partial charge in [-0.3, -0.25) is 9.59 Å². The van der Waals surface area contributed by atoms with Gasteiger partial charge in [-0.1, -0.05) is 29.8 Å². The minimum Gasteiger partial charge on any atom is -0.505 e. The highest BCUT2D eigenvalue weighted by molar-refractivity contribution is 5.94. The Hall–Kier alpha value is -3.81. The van der Waals surface area contributed by atoms with Crippen LogP contribution in [0.2, 0.25) is 0 Å². The number of nitrogens with zero attached hydrogens (tertiary/aromatic N) is 2. The van der Waals surface area contributed by atoms with E-state index in [0.29, 0.717) is 23.8 Å². The van der Waals surface area contributed by atoms with Crippen LogP contribution in [0.15, 0.2) is 53.3 Å². The van der Waals surface area contributed by atoms with Gasteiger partial charge in [-0.15, -0.1) is 0 Å². The lowest BCUT2D eigenvalue weighted by atomic mass is 10.0. The molecule has 3 aromatic rings. The van der Waals surface area contributed by atoms with E-state index < -0.39 is 23.3 Å². The van der Waals surface area contributed by atoms with Gasteiger partial charge in [0.15, 0.2) is 11.4 Å². The second-order valence-electron chi connectivity index (χ2n) is 6.97. The summed E-state index contributed by atoms with van der Waals surface area (Å²) in [6, 6.07) is 13.0. The summed E-state index contributed by atoms with van der Waals surface area (Å²) < 4.78 is 12.0. The zero-order chi connectivity index (χ0) is 22.5. The maximum absolute atomic E-state index is 12.9. The van der Waals surface area contributed by atoms with Gasteiger partial charge in [0.25, 0.3) is 11.5 Å². The van der Waals surface area contributed by atoms with E-state index in [9.17, 15) is 14.7 Å². The van der Waals surface area contributed by atoms with Crippen LogP contribution in [0.4, 0.5) is 0 Å². The second-order valence-corrected chi connectivity index (χ2v) is 6.97. The van der Waals surface area contributed by atoms with Crippen LogP contribution >= 0.6 is 0 Å². The van der Waals surface area contributed by atoms with E-state index in [-0.39, 0.29) is 5.69 Å². The number of aromatic nitrogens is 2. The van der Waals surface area contributed by atoms with Crippen LogP contribution in [0.5, 0.6) is 17.2 Å². The van der Waals surface area contributed by atoms with Crippen LogP contribution in [0.25, 0.3) is 5.69 Å². The molecule has 0 fully saturated rings. The smallest absolute Gasteiger partial charge is 0.276 e. The zero-order valence-electron chi connectivity index (χ0n) is 17.9. The number of aromatic hydroxyl groups is 1. The number of carbonyl (C=O) groups is 1. The molecule has 162 valence electrons. The molecule has 0 aliphatic heterocycles. The molecule has 0 aliphatic rings. The summed E-state index contributed by atoms with van der Waals surface area (Å²) in [5, 5.41) is 17.2. The average molecular weight is 423 g/mol. The van der Waals surface area contributed by atoms with Crippen molar-refractivity contribution in [3.8, 4) is 22.9 Å². The van der Waals surface area contributed by atoms with Crippen molar-refractivity contribution in [1.29, 1.82) is 0 Å². The van der Waals surface area contributed by atoms with Crippen molar-refractivity contribution >= 4 is 5.91 Å². The molecule has 0 spiro atoms. The number of aryl methyl sites for hydroxylation is 1. The third-order valence-electron chi connectivity index (χ3n) is 4.72. The average Bonchev–Trinajstić information content (AvgIpc) is 2.75. The third kappa shape index (κ3) is 4.69. The molecule has 1 heterocycles. The number of benzene rings is 2. The Morgan fingerprint density at radius 2 is 1.94 bits per heavy atom. The molecule has 0 radical (unpaired) electrons. The molecular weight excluding hydrogens is 398 g/mol. The summed E-state index contributed by atoms with van der Waals surface area (Å²) in [5.74, 6) is -0.0616. The Bertz CT molecular complexity index is 1160. The first-order valence-electron chi connectivity index (χ1n) is 9.86. The van der Waals surface area contributed by atoms with E-state index in [1.165, 1.54) is 7.11 Å². The maximum Gasteiger partial charge on any atom is 0.276 e. The van der Waals surface area contributed by atoms with Crippen molar-refractivity contribution in [1.82, 2.24) is 15.1 Å². The van der Waals surface area contributed by atoms with E-state index in [0.717, 1.165) is 21.9 Å². The Balaban J connectivity index is 1.96. The summed E-state index contributed by atoms with van der Waals surface area (Å²) in [5.41, 5.74) is 1.30. The summed E-state index contributed by atoms with van der Waals surface area (Å²) >= 11 is 0. The molecular formula is C23H25N3O5. The highest BCUT2D eigenvalue weighted by Gasteiger charge is 2.21. The number of carbonyl (C=O) groups excluding carboxylic acids is 1. The van der Waals surface area contributed by atoms with E-state index in [4.69, 9.17) is 9.47 Å². The van der Waals surface area contributed by atoms with Gasteiger partial charge in [-0.05, 0) is 39.0 Å². The second kappa shape index (κ2) is 9.34. The Morgan fingerprint density at radius 3 is 2.65 bits per heavy atom.